The summed E-state index contributed by atoms with van der Waals surface area (Å²) in [6, 6.07) is 11.8. The second kappa shape index (κ2) is 11.1. The number of aromatic nitrogens is 1. The summed E-state index contributed by atoms with van der Waals surface area (Å²) in [5.41, 5.74) is 1.69. The number of hydrogen-bond donors (Lipinski definition) is 2. The van der Waals surface area contributed by atoms with Crippen molar-refractivity contribution in [3.8, 4) is 11.3 Å². The monoisotopic (exact) mass is 498 g/mol. The molecule has 0 saturated carbocycles. The van der Waals surface area contributed by atoms with Crippen LogP contribution in [0.4, 0.5) is 20.9 Å². The van der Waals surface area contributed by atoms with Gasteiger partial charge in [0.1, 0.15) is 5.82 Å². The van der Waals surface area contributed by atoms with Crippen LogP contribution in [0.5, 0.6) is 0 Å². The molecule has 1 saturated heterocycles. The third kappa shape index (κ3) is 6.88. The zero-order valence-corrected chi connectivity index (χ0v) is 19.5. The van der Waals surface area contributed by atoms with E-state index in [9.17, 15) is 24.1 Å². The highest BCUT2D eigenvalue weighted by atomic mass is 32.1. The molecule has 1 fully saturated rings. The third-order valence-corrected chi connectivity index (χ3v) is 6.19. The molecule has 2 N–H and O–H groups in total. The van der Waals surface area contributed by atoms with Crippen LogP contribution in [0.25, 0.3) is 11.3 Å². The van der Waals surface area contributed by atoms with Crippen molar-refractivity contribution >= 4 is 39.7 Å². The largest absolute Gasteiger partial charge is 0.325 e. The Labute approximate surface area is 204 Å². The van der Waals surface area contributed by atoms with E-state index in [0.717, 1.165) is 0 Å². The molecule has 0 bridgehead atoms. The van der Waals surface area contributed by atoms with Crippen molar-refractivity contribution in [2.75, 3.05) is 49.9 Å². The number of nitrogens with one attached hydrogen (secondary N) is 2. The van der Waals surface area contributed by atoms with E-state index in [-0.39, 0.29) is 36.4 Å². The number of benzene rings is 2. The Morgan fingerprint density at radius 2 is 1.63 bits per heavy atom. The fourth-order valence-corrected chi connectivity index (χ4v) is 4.38. The van der Waals surface area contributed by atoms with Gasteiger partial charge in [-0.05, 0) is 24.3 Å². The standard InChI is InChI=1S/C23H23FN6O4S/c24-17-4-6-18(7-5-17)25-21(31)13-28-8-10-29(11-9-28)14-22(32)27-23-26-20(15-35-23)16-2-1-3-19(12-16)30(33)34/h1-7,12,15H,8-11,13-14H2,(H,25,31)(H,26,27,32). The summed E-state index contributed by atoms with van der Waals surface area (Å²) in [7, 11) is 0. The molecule has 4 rings (SSSR count). The van der Waals surface area contributed by atoms with Gasteiger partial charge in [-0.2, -0.15) is 0 Å². The lowest BCUT2D eigenvalue weighted by Crippen LogP contribution is -2.50. The first kappa shape index (κ1) is 24.4. The maximum Gasteiger partial charge on any atom is 0.270 e. The lowest BCUT2D eigenvalue weighted by molar-refractivity contribution is -0.384. The summed E-state index contributed by atoms with van der Waals surface area (Å²) >= 11 is 1.25. The minimum Gasteiger partial charge on any atom is -0.325 e. The molecule has 1 aromatic heterocycles. The number of carbonyl (C=O) groups is 2. The van der Waals surface area contributed by atoms with Gasteiger partial charge >= 0.3 is 0 Å². The number of halogens is 1. The number of amides is 2. The molecule has 12 heteroatoms. The summed E-state index contributed by atoms with van der Waals surface area (Å²) < 4.78 is 13.0. The zero-order chi connectivity index (χ0) is 24.8. The molecular weight excluding hydrogens is 475 g/mol. The SMILES string of the molecule is O=C(CN1CCN(CC(=O)Nc2nc(-c3cccc([N+](=O)[O-])c3)cs2)CC1)Nc1ccc(F)cc1. The van der Waals surface area contributed by atoms with Crippen LogP contribution in [0.1, 0.15) is 0 Å². The van der Waals surface area contributed by atoms with Gasteiger partial charge in [0.15, 0.2) is 5.13 Å². The topological polar surface area (TPSA) is 121 Å². The van der Waals surface area contributed by atoms with Gasteiger partial charge in [0.25, 0.3) is 5.69 Å². The zero-order valence-electron chi connectivity index (χ0n) is 18.6. The molecule has 35 heavy (non-hydrogen) atoms. The second-order valence-corrected chi connectivity index (χ2v) is 8.86. The number of nitrogens with zero attached hydrogens (tertiary/aromatic N) is 4. The molecule has 1 aliphatic rings. The molecule has 1 aliphatic heterocycles. The van der Waals surface area contributed by atoms with E-state index < -0.39 is 4.92 Å². The molecule has 2 heterocycles. The number of piperazine rings is 1. The number of nitro groups is 1. The van der Waals surface area contributed by atoms with Gasteiger partial charge in [-0.25, -0.2) is 9.37 Å². The fourth-order valence-electron chi connectivity index (χ4n) is 3.65. The van der Waals surface area contributed by atoms with Gasteiger partial charge in [0.2, 0.25) is 11.8 Å². The van der Waals surface area contributed by atoms with Crippen molar-refractivity contribution in [2.24, 2.45) is 0 Å². The van der Waals surface area contributed by atoms with Crippen LogP contribution in [-0.4, -0.2) is 70.8 Å². The lowest BCUT2D eigenvalue weighted by Gasteiger charge is -2.33. The Bertz CT molecular complexity index is 1210. The smallest absolute Gasteiger partial charge is 0.270 e. The summed E-state index contributed by atoms with van der Waals surface area (Å²) in [6.45, 7) is 2.96. The van der Waals surface area contributed by atoms with E-state index >= 15 is 0 Å². The Morgan fingerprint density at radius 1 is 1.00 bits per heavy atom. The maximum atomic E-state index is 13.0. The summed E-state index contributed by atoms with van der Waals surface area (Å²) in [4.78, 5) is 43.6. The van der Waals surface area contributed by atoms with Crippen LogP contribution in [0, 0.1) is 15.9 Å². The number of non-ortho nitro benzene ring substituents is 1. The number of carbonyl (C=O) groups excluding carboxylic acids is 2. The Morgan fingerprint density at radius 3 is 2.26 bits per heavy atom. The average molecular weight is 499 g/mol. The average Bonchev–Trinajstić information content (AvgIpc) is 3.30. The van der Waals surface area contributed by atoms with Gasteiger partial charge in [-0.15, -0.1) is 11.3 Å². The van der Waals surface area contributed by atoms with Crippen LogP contribution in [0.2, 0.25) is 0 Å². The van der Waals surface area contributed by atoms with Crippen molar-refractivity contribution in [1.82, 2.24) is 14.8 Å². The van der Waals surface area contributed by atoms with E-state index in [1.165, 1.54) is 47.7 Å². The van der Waals surface area contributed by atoms with Gasteiger partial charge < -0.3 is 10.6 Å². The molecule has 0 aliphatic carbocycles. The van der Waals surface area contributed by atoms with Crippen molar-refractivity contribution < 1.29 is 18.9 Å². The molecule has 10 nitrogen and oxygen atoms in total. The van der Waals surface area contributed by atoms with Crippen molar-refractivity contribution in [1.29, 1.82) is 0 Å². The normalized spacial score (nSPS) is 14.4. The van der Waals surface area contributed by atoms with E-state index in [1.54, 1.807) is 17.5 Å². The van der Waals surface area contributed by atoms with E-state index in [4.69, 9.17) is 0 Å². The van der Waals surface area contributed by atoms with Crippen molar-refractivity contribution in [3.63, 3.8) is 0 Å². The molecule has 0 radical (unpaired) electrons. The molecular formula is C23H23FN6O4S. The molecule has 2 amide bonds. The highest BCUT2D eigenvalue weighted by Crippen LogP contribution is 2.27. The van der Waals surface area contributed by atoms with E-state index in [1.807, 2.05) is 9.80 Å². The molecule has 0 spiro atoms. The number of hydrogen-bond acceptors (Lipinski definition) is 8. The van der Waals surface area contributed by atoms with Crippen LogP contribution in [0.15, 0.2) is 53.9 Å². The van der Waals surface area contributed by atoms with Gasteiger partial charge in [0, 0.05) is 54.9 Å². The number of nitro benzene ring substituents is 1. The Balaban J connectivity index is 1.21. The quantitative estimate of drug-likeness (QED) is 0.362. The molecule has 182 valence electrons. The first-order chi connectivity index (χ1) is 16.9. The van der Waals surface area contributed by atoms with Gasteiger partial charge in [-0.1, -0.05) is 12.1 Å². The highest BCUT2D eigenvalue weighted by Gasteiger charge is 2.21. The number of anilines is 2. The van der Waals surface area contributed by atoms with Gasteiger partial charge in [-0.3, -0.25) is 29.5 Å². The van der Waals surface area contributed by atoms with Crippen molar-refractivity contribution in [3.05, 3.63) is 69.8 Å². The summed E-state index contributed by atoms with van der Waals surface area (Å²) in [5, 5.41) is 18.7. The van der Waals surface area contributed by atoms with Crippen LogP contribution in [0.3, 0.4) is 0 Å². The van der Waals surface area contributed by atoms with Crippen molar-refractivity contribution in [2.45, 2.75) is 0 Å². The maximum absolute atomic E-state index is 13.0. The van der Waals surface area contributed by atoms with Gasteiger partial charge in [0.05, 0.1) is 23.7 Å². The Hall–Kier alpha value is -3.74. The number of rotatable bonds is 8. The van der Waals surface area contributed by atoms with Crippen LogP contribution >= 0.6 is 11.3 Å². The molecule has 3 aromatic rings. The van der Waals surface area contributed by atoms with E-state index in [2.05, 4.69) is 15.6 Å². The predicted molar refractivity (Wildman–Crippen MR) is 131 cm³/mol. The predicted octanol–water partition coefficient (Wildman–Crippen LogP) is 3.05. The van der Waals surface area contributed by atoms with Crippen LogP contribution in [-0.2, 0) is 9.59 Å². The minimum absolute atomic E-state index is 0.0202. The fraction of sp³-hybridized carbons (Fsp3) is 0.261. The first-order valence-electron chi connectivity index (χ1n) is 10.9. The highest BCUT2D eigenvalue weighted by molar-refractivity contribution is 7.14. The van der Waals surface area contributed by atoms with Crippen LogP contribution < -0.4 is 10.6 Å². The van der Waals surface area contributed by atoms with E-state index in [0.29, 0.717) is 48.3 Å². The molecule has 0 unspecified atom stereocenters. The Kier molecular flexibility index (Phi) is 7.75. The first-order valence-corrected chi connectivity index (χ1v) is 11.7. The minimum atomic E-state index is -0.462. The second-order valence-electron chi connectivity index (χ2n) is 8.00. The third-order valence-electron chi connectivity index (χ3n) is 5.43. The number of thiazole rings is 1. The molecule has 2 aromatic carbocycles. The molecule has 0 atom stereocenters. The lowest BCUT2D eigenvalue weighted by atomic mass is 10.1. The summed E-state index contributed by atoms with van der Waals surface area (Å²) in [6.07, 6.45) is 0. The summed E-state index contributed by atoms with van der Waals surface area (Å²) in [5.74, 6) is -0.737.